The van der Waals surface area contributed by atoms with Crippen LogP contribution in [0.5, 0.6) is 0 Å². The van der Waals surface area contributed by atoms with Gasteiger partial charge >= 0.3 is 0 Å². The van der Waals surface area contributed by atoms with Crippen LogP contribution < -0.4 is 10.6 Å². The number of anilines is 2. The summed E-state index contributed by atoms with van der Waals surface area (Å²) in [6, 6.07) is 7.47. The van der Waals surface area contributed by atoms with Crippen molar-refractivity contribution in [3.63, 3.8) is 0 Å². The molecular weight excluding hydrogens is 372 g/mol. The molecule has 0 radical (unpaired) electrons. The molecule has 0 bridgehead atoms. The van der Waals surface area contributed by atoms with Gasteiger partial charge in [-0.05, 0) is 31.2 Å². The minimum Gasteiger partial charge on any atom is -0.352 e. The van der Waals surface area contributed by atoms with Crippen LogP contribution in [0.3, 0.4) is 0 Å². The van der Waals surface area contributed by atoms with Gasteiger partial charge in [-0.15, -0.1) is 0 Å². The van der Waals surface area contributed by atoms with E-state index >= 15 is 0 Å². The van der Waals surface area contributed by atoms with Crippen LogP contribution >= 0.6 is 11.3 Å². The average Bonchev–Trinajstić information content (AvgIpc) is 3.16. The van der Waals surface area contributed by atoms with E-state index in [1.807, 2.05) is 24.6 Å². The molecule has 0 spiro atoms. The lowest BCUT2D eigenvalue weighted by Gasteiger charge is -2.03. The molecule has 138 valence electrons. The predicted octanol–water partition coefficient (Wildman–Crippen LogP) is 3.95. The van der Waals surface area contributed by atoms with Gasteiger partial charge in [0, 0.05) is 25.2 Å². The Morgan fingerprint density at radius 1 is 1.15 bits per heavy atom. The second-order valence-corrected chi connectivity index (χ2v) is 6.97. The topological polar surface area (TPSA) is 71.8 Å². The number of imidazole rings is 1. The highest BCUT2D eigenvalue weighted by molar-refractivity contribution is 7.22. The number of benzene rings is 2. The number of carbonyl (C=O) groups excluding carboxylic acids is 1. The fourth-order valence-corrected chi connectivity index (χ4v) is 3.65. The highest BCUT2D eigenvalue weighted by Gasteiger charge is 2.14. The fraction of sp³-hybridized carbons (Fsp3) is 0.167. The zero-order chi connectivity index (χ0) is 19.1. The molecule has 9 heteroatoms. The first-order valence-electron chi connectivity index (χ1n) is 8.23. The standard InChI is InChI=1S/C18H15F2N5OS/c1-3-21-16(26)9-4-5-14-12(6-9)22-17(25(14)2)24-18-23-13-7-10(19)11(20)8-15(13)27-18/h4-8H,3H2,1-2H3,(H,21,26)(H,22,23,24). The minimum atomic E-state index is -0.931. The van der Waals surface area contributed by atoms with Gasteiger partial charge in [0.15, 0.2) is 16.8 Å². The molecule has 0 saturated carbocycles. The summed E-state index contributed by atoms with van der Waals surface area (Å²) in [5.74, 6) is -1.48. The van der Waals surface area contributed by atoms with Gasteiger partial charge in [-0.1, -0.05) is 11.3 Å². The van der Waals surface area contributed by atoms with Crippen molar-refractivity contribution >= 4 is 49.6 Å². The summed E-state index contributed by atoms with van der Waals surface area (Å²) in [6.45, 7) is 2.40. The average molecular weight is 387 g/mol. The third kappa shape index (κ3) is 3.10. The molecular formula is C18H15F2N5OS. The van der Waals surface area contributed by atoms with Gasteiger partial charge in [0.25, 0.3) is 5.91 Å². The zero-order valence-corrected chi connectivity index (χ0v) is 15.3. The van der Waals surface area contributed by atoms with Gasteiger partial charge in [-0.2, -0.15) is 0 Å². The number of carbonyl (C=O) groups is 1. The van der Waals surface area contributed by atoms with Crippen molar-refractivity contribution in [2.45, 2.75) is 6.92 Å². The molecule has 0 fully saturated rings. The molecule has 1 amide bonds. The first-order valence-corrected chi connectivity index (χ1v) is 9.05. The zero-order valence-electron chi connectivity index (χ0n) is 14.5. The Bertz CT molecular complexity index is 1140. The van der Waals surface area contributed by atoms with E-state index in [1.165, 1.54) is 11.3 Å². The van der Waals surface area contributed by atoms with E-state index in [-0.39, 0.29) is 5.91 Å². The number of thiazole rings is 1. The number of nitrogens with one attached hydrogen (secondary N) is 2. The number of aryl methyl sites for hydroxylation is 1. The summed E-state index contributed by atoms with van der Waals surface area (Å²) in [7, 11) is 1.83. The first kappa shape index (κ1) is 17.3. The van der Waals surface area contributed by atoms with Crippen LogP contribution in [0.4, 0.5) is 19.9 Å². The molecule has 0 saturated heterocycles. The summed E-state index contributed by atoms with van der Waals surface area (Å²) >= 11 is 1.20. The number of nitrogens with zero attached hydrogens (tertiary/aromatic N) is 3. The number of aromatic nitrogens is 3. The van der Waals surface area contributed by atoms with Crippen LogP contribution in [-0.2, 0) is 7.05 Å². The van der Waals surface area contributed by atoms with E-state index in [0.717, 1.165) is 17.6 Å². The quantitative estimate of drug-likeness (QED) is 0.556. The van der Waals surface area contributed by atoms with Gasteiger partial charge in [-0.3, -0.25) is 4.79 Å². The molecule has 2 heterocycles. The Labute approximate surface area is 156 Å². The highest BCUT2D eigenvalue weighted by atomic mass is 32.1. The lowest BCUT2D eigenvalue weighted by molar-refractivity contribution is 0.0956. The van der Waals surface area contributed by atoms with Crippen LogP contribution in [0.15, 0.2) is 30.3 Å². The van der Waals surface area contributed by atoms with E-state index in [4.69, 9.17) is 0 Å². The number of halogens is 2. The van der Waals surface area contributed by atoms with Crippen LogP contribution in [0.1, 0.15) is 17.3 Å². The second-order valence-electron chi connectivity index (χ2n) is 5.94. The van der Waals surface area contributed by atoms with Crippen molar-refractivity contribution in [1.29, 1.82) is 0 Å². The van der Waals surface area contributed by atoms with E-state index < -0.39 is 11.6 Å². The van der Waals surface area contributed by atoms with E-state index in [2.05, 4.69) is 20.6 Å². The Hall–Kier alpha value is -3.07. The van der Waals surface area contributed by atoms with E-state index in [9.17, 15) is 13.6 Å². The SMILES string of the molecule is CCNC(=O)c1ccc2c(c1)nc(Nc1nc3cc(F)c(F)cc3s1)n2C. The third-order valence-electron chi connectivity index (χ3n) is 4.13. The van der Waals surface area contributed by atoms with Gasteiger partial charge in [0.1, 0.15) is 0 Å². The first-order chi connectivity index (χ1) is 13.0. The number of rotatable bonds is 4. The number of hydrogen-bond acceptors (Lipinski definition) is 5. The number of amides is 1. The molecule has 0 aliphatic carbocycles. The molecule has 27 heavy (non-hydrogen) atoms. The maximum Gasteiger partial charge on any atom is 0.251 e. The molecule has 0 aliphatic rings. The molecule has 4 rings (SSSR count). The van der Waals surface area contributed by atoms with Gasteiger partial charge in [0.2, 0.25) is 5.95 Å². The highest BCUT2D eigenvalue weighted by Crippen LogP contribution is 2.30. The molecule has 2 N–H and O–H groups in total. The minimum absolute atomic E-state index is 0.158. The predicted molar refractivity (Wildman–Crippen MR) is 102 cm³/mol. The molecule has 4 aromatic rings. The Kier molecular flexibility index (Phi) is 4.23. The Morgan fingerprint density at radius 3 is 2.70 bits per heavy atom. The smallest absolute Gasteiger partial charge is 0.251 e. The maximum absolute atomic E-state index is 13.4. The molecule has 6 nitrogen and oxygen atoms in total. The summed E-state index contributed by atoms with van der Waals surface area (Å²) in [5.41, 5.74) is 2.39. The van der Waals surface area contributed by atoms with Gasteiger partial charge in [0.05, 0.1) is 21.3 Å². The molecule has 0 atom stereocenters. The van der Waals surface area contributed by atoms with Crippen molar-refractivity contribution in [3.05, 3.63) is 47.5 Å². The van der Waals surface area contributed by atoms with E-state index in [1.54, 1.807) is 12.1 Å². The van der Waals surface area contributed by atoms with Crippen LogP contribution in [0.2, 0.25) is 0 Å². The fourth-order valence-electron chi connectivity index (χ4n) is 2.79. The molecule has 2 aromatic heterocycles. The number of hydrogen-bond donors (Lipinski definition) is 2. The van der Waals surface area contributed by atoms with Crippen molar-refractivity contribution in [2.24, 2.45) is 7.05 Å². The van der Waals surface area contributed by atoms with Gasteiger partial charge < -0.3 is 15.2 Å². The third-order valence-corrected chi connectivity index (χ3v) is 5.06. The molecule has 2 aromatic carbocycles. The van der Waals surface area contributed by atoms with Gasteiger partial charge in [-0.25, -0.2) is 18.7 Å². The van der Waals surface area contributed by atoms with Crippen LogP contribution in [-0.4, -0.2) is 27.0 Å². The number of fused-ring (bicyclic) bond motifs is 2. The largest absolute Gasteiger partial charge is 0.352 e. The normalized spacial score (nSPS) is 11.3. The maximum atomic E-state index is 13.4. The van der Waals surface area contributed by atoms with Crippen LogP contribution in [0, 0.1) is 11.6 Å². The molecule has 0 aliphatic heterocycles. The monoisotopic (exact) mass is 387 g/mol. The molecule has 0 unspecified atom stereocenters. The summed E-state index contributed by atoms with van der Waals surface area (Å²) in [6.07, 6.45) is 0. The lowest BCUT2D eigenvalue weighted by atomic mass is 10.2. The summed E-state index contributed by atoms with van der Waals surface area (Å²) < 4.78 is 29.1. The van der Waals surface area contributed by atoms with E-state index in [0.29, 0.717) is 38.9 Å². The Balaban J connectivity index is 1.69. The van der Waals surface area contributed by atoms with Crippen molar-refractivity contribution in [1.82, 2.24) is 19.9 Å². The summed E-state index contributed by atoms with van der Waals surface area (Å²) in [5, 5.41) is 6.30. The van der Waals surface area contributed by atoms with Crippen molar-refractivity contribution < 1.29 is 13.6 Å². The summed E-state index contributed by atoms with van der Waals surface area (Å²) in [4.78, 5) is 20.8. The van der Waals surface area contributed by atoms with Crippen LogP contribution in [0.25, 0.3) is 21.3 Å². The lowest BCUT2D eigenvalue weighted by Crippen LogP contribution is -2.22. The van der Waals surface area contributed by atoms with Crippen molar-refractivity contribution in [2.75, 3.05) is 11.9 Å². The second kappa shape index (κ2) is 6.58. The van der Waals surface area contributed by atoms with Crippen molar-refractivity contribution in [3.8, 4) is 0 Å². The Morgan fingerprint density at radius 2 is 1.93 bits per heavy atom.